The van der Waals surface area contributed by atoms with E-state index in [-0.39, 0.29) is 5.69 Å². The highest BCUT2D eigenvalue weighted by atomic mass is 16.6. The zero-order valence-electron chi connectivity index (χ0n) is 15.3. The lowest BCUT2D eigenvalue weighted by Gasteiger charge is -2.11. The van der Waals surface area contributed by atoms with Gasteiger partial charge in [0.15, 0.2) is 5.82 Å². The van der Waals surface area contributed by atoms with E-state index in [1.807, 2.05) is 42.5 Å². The van der Waals surface area contributed by atoms with Gasteiger partial charge in [0.1, 0.15) is 0 Å². The number of hydrogen-bond acceptors (Lipinski definition) is 4. The van der Waals surface area contributed by atoms with Crippen LogP contribution in [-0.2, 0) is 0 Å². The van der Waals surface area contributed by atoms with Crippen molar-refractivity contribution in [2.75, 3.05) is 0 Å². The highest BCUT2D eigenvalue weighted by Crippen LogP contribution is 2.32. The Morgan fingerprint density at radius 1 is 0.690 bits per heavy atom. The molecule has 0 spiro atoms. The fourth-order valence-electron chi connectivity index (χ4n) is 3.49. The van der Waals surface area contributed by atoms with E-state index in [4.69, 9.17) is 9.97 Å². The maximum Gasteiger partial charge on any atom is 0.269 e. The Morgan fingerprint density at radius 2 is 1.34 bits per heavy atom. The second-order valence-electron chi connectivity index (χ2n) is 6.78. The molecule has 0 N–H and O–H groups in total. The zero-order valence-corrected chi connectivity index (χ0v) is 15.3. The van der Waals surface area contributed by atoms with Gasteiger partial charge in [-0.25, -0.2) is 9.97 Å². The molecule has 0 amide bonds. The molecule has 5 rings (SSSR count). The number of non-ortho nitro benzene ring substituents is 1. The normalized spacial score (nSPS) is 11.0. The van der Waals surface area contributed by atoms with Gasteiger partial charge in [-0.2, -0.15) is 0 Å². The Balaban J connectivity index is 1.81. The molecule has 4 aromatic carbocycles. The predicted molar refractivity (Wildman–Crippen MR) is 115 cm³/mol. The highest BCUT2D eigenvalue weighted by molar-refractivity contribution is 6.02. The monoisotopic (exact) mass is 377 g/mol. The Bertz CT molecular complexity index is 1360. The van der Waals surface area contributed by atoms with Gasteiger partial charge in [-0.3, -0.25) is 10.1 Å². The molecule has 29 heavy (non-hydrogen) atoms. The van der Waals surface area contributed by atoms with Crippen LogP contribution in [0.3, 0.4) is 0 Å². The average molecular weight is 377 g/mol. The predicted octanol–water partition coefficient (Wildman–Crippen LogP) is 6.03. The summed E-state index contributed by atoms with van der Waals surface area (Å²) in [6, 6.07) is 28.6. The number of rotatable bonds is 3. The molecule has 0 unspecified atom stereocenters. The number of nitro groups is 1. The van der Waals surface area contributed by atoms with E-state index in [0.717, 1.165) is 38.5 Å². The first-order valence-electron chi connectivity index (χ1n) is 9.20. The van der Waals surface area contributed by atoms with Crippen molar-refractivity contribution in [2.45, 2.75) is 0 Å². The fourth-order valence-corrected chi connectivity index (χ4v) is 3.49. The van der Waals surface area contributed by atoms with Gasteiger partial charge in [-0.15, -0.1) is 0 Å². The van der Waals surface area contributed by atoms with Crippen LogP contribution in [0, 0.1) is 10.1 Å². The number of aromatic nitrogens is 2. The maximum atomic E-state index is 11.0. The molecule has 0 aliphatic carbocycles. The first-order chi connectivity index (χ1) is 14.2. The third-order valence-corrected chi connectivity index (χ3v) is 4.95. The molecule has 5 aromatic rings. The largest absolute Gasteiger partial charge is 0.269 e. The number of nitro benzene ring substituents is 1. The lowest BCUT2D eigenvalue weighted by Crippen LogP contribution is -1.96. The Morgan fingerprint density at radius 3 is 2.03 bits per heavy atom. The van der Waals surface area contributed by atoms with Gasteiger partial charge in [0.25, 0.3) is 5.69 Å². The molecule has 1 heterocycles. The van der Waals surface area contributed by atoms with Crippen molar-refractivity contribution < 1.29 is 4.92 Å². The summed E-state index contributed by atoms with van der Waals surface area (Å²) in [6.45, 7) is 0. The smallest absolute Gasteiger partial charge is 0.258 e. The maximum absolute atomic E-state index is 11.0. The van der Waals surface area contributed by atoms with Crippen LogP contribution in [0.4, 0.5) is 5.69 Å². The van der Waals surface area contributed by atoms with Crippen molar-refractivity contribution in [3.05, 3.63) is 101 Å². The van der Waals surface area contributed by atoms with Crippen molar-refractivity contribution in [3.63, 3.8) is 0 Å². The third kappa shape index (κ3) is 3.08. The van der Waals surface area contributed by atoms with Crippen LogP contribution in [0.2, 0.25) is 0 Å². The summed E-state index contributed by atoms with van der Waals surface area (Å²) >= 11 is 0. The lowest BCUT2D eigenvalue weighted by molar-refractivity contribution is -0.384. The fraction of sp³-hybridized carbons (Fsp3) is 0. The lowest BCUT2D eigenvalue weighted by atomic mass is 10.0. The van der Waals surface area contributed by atoms with Crippen molar-refractivity contribution in [1.29, 1.82) is 0 Å². The van der Waals surface area contributed by atoms with Crippen LogP contribution in [-0.4, -0.2) is 14.9 Å². The third-order valence-electron chi connectivity index (χ3n) is 4.95. The average Bonchev–Trinajstić information content (AvgIpc) is 2.77. The van der Waals surface area contributed by atoms with Gasteiger partial charge in [0, 0.05) is 28.6 Å². The molecule has 0 aliphatic rings. The number of hydrogen-bond donors (Lipinski definition) is 0. The van der Waals surface area contributed by atoms with Crippen molar-refractivity contribution in [1.82, 2.24) is 9.97 Å². The Labute approximate surface area is 166 Å². The van der Waals surface area contributed by atoms with E-state index >= 15 is 0 Å². The molecule has 0 bridgehead atoms. The Kier molecular flexibility index (Phi) is 3.99. The van der Waals surface area contributed by atoms with Crippen molar-refractivity contribution in [3.8, 4) is 22.6 Å². The summed E-state index contributed by atoms with van der Waals surface area (Å²) in [5, 5.41) is 14.1. The molecule has 5 heteroatoms. The first-order valence-corrected chi connectivity index (χ1v) is 9.20. The molecule has 1 aromatic heterocycles. The summed E-state index contributed by atoms with van der Waals surface area (Å²) in [6.07, 6.45) is 0. The van der Waals surface area contributed by atoms with E-state index < -0.39 is 4.92 Å². The molecule has 0 atom stereocenters. The van der Waals surface area contributed by atoms with Gasteiger partial charge >= 0.3 is 0 Å². The van der Waals surface area contributed by atoms with Crippen LogP contribution in [0.1, 0.15) is 0 Å². The van der Waals surface area contributed by atoms with E-state index in [1.165, 1.54) is 12.1 Å². The standard InChI is InChI=1S/C24H15N3O2/c28-27(29)20-12-10-16(11-13-20)23-21-14-18-8-4-5-9-19(18)15-22(21)25-24(26-23)17-6-2-1-3-7-17/h1-15H. The second-order valence-corrected chi connectivity index (χ2v) is 6.78. The summed E-state index contributed by atoms with van der Waals surface area (Å²) in [5.41, 5.74) is 3.39. The minimum Gasteiger partial charge on any atom is -0.258 e. The number of benzene rings is 4. The van der Waals surface area contributed by atoms with Gasteiger partial charge in [-0.1, -0.05) is 54.6 Å². The molecule has 0 saturated heterocycles. The molecule has 5 nitrogen and oxygen atoms in total. The first kappa shape index (κ1) is 17.0. The molecule has 0 radical (unpaired) electrons. The molecule has 138 valence electrons. The zero-order chi connectivity index (χ0) is 19.8. The quantitative estimate of drug-likeness (QED) is 0.219. The van der Waals surface area contributed by atoms with Gasteiger partial charge in [-0.05, 0) is 35.0 Å². The minimum atomic E-state index is -0.398. The van der Waals surface area contributed by atoms with Gasteiger partial charge < -0.3 is 0 Å². The highest BCUT2D eigenvalue weighted by Gasteiger charge is 2.14. The number of fused-ring (bicyclic) bond motifs is 2. The summed E-state index contributed by atoms with van der Waals surface area (Å²) < 4.78 is 0. The van der Waals surface area contributed by atoms with Crippen LogP contribution < -0.4 is 0 Å². The van der Waals surface area contributed by atoms with E-state index in [0.29, 0.717) is 5.82 Å². The topological polar surface area (TPSA) is 68.9 Å². The summed E-state index contributed by atoms with van der Waals surface area (Å²) in [7, 11) is 0. The summed E-state index contributed by atoms with van der Waals surface area (Å²) in [4.78, 5) is 20.3. The molecular formula is C24H15N3O2. The molecule has 0 fully saturated rings. The van der Waals surface area contributed by atoms with E-state index in [2.05, 4.69) is 24.3 Å². The summed E-state index contributed by atoms with van der Waals surface area (Å²) in [5.74, 6) is 0.627. The van der Waals surface area contributed by atoms with Crippen LogP contribution in [0.5, 0.6) is 0 Å². The second kappa shape index (κ2) is 6.80. The van der Waals surface area contributed by atoms with Crippen LogP contribution in [0.25, 0.3) is 44.3 Å². The number of nitrogens with zero attached hydrogens (tertiary/aromatic N) is 3. The minimum absolute atomic E-state index is 0.0563. The van der Waals surface area contributed by atoms with Gasteiger partial charge in [0.05, 0.1) is 16.1 Å². The van der Waals surface area contributed by atoms with Crippen molar-refractivity contribution >= 4 is 27.4 Å². The van der Waals surface area contributed by atoms with E-state index in [9.17, 15) is 10.1 Å². The Hall–Kier alpha value is -4.12. The van der Waals surface area contributed by atoms with Crippen LogP contribution >= 0.6 is 0 Å². The molecule has 0 saturated carbocycles. The van der Waals surface area contributed by atoms with Crippen molar-refractivity contribution in [2.24, 2.45) is 0 Å². The van der Waals surface area contributed by atoms with Gasteiger partial charge in [0.2, 0.25) is 0 Å². The van der Waals surface area contributed by atoms with E-state index in [1.54, 1.807) is 12.1 Å². The molecular weight excluding hydrogens is 362 g/mol. The van der Waals surface area contributed by atoms with Crippen LogP contribution in [0.15, 0.2) is 91.0 Å². The molecule has 0 aliphatic heterocycles. The SMILES string of the molecule is O=[N+]([O-])c1ccc(-c2nc(-c3ccccc3)nc3cc4ccccc4cc23)cc1.